The van der Waals surface area contributed by atoms with Crippen LogP contribution in [0.1, 0.15) is 37.9 Å². The molecule has 0 saturated carbocycles. The van der Waals surface area contributed by atoms with Crippen LogP contribution < -0.4 is 5.73 Å². The zero-order chi connectivity index (χ0) is 13.4. The second-order valence-corrected chi connectivity index (χ2v) is 5.12. The predicted octanol–water partition coefficient (Wildman–Crippen LogP) is 3.88. The Morgan fingerprint density at radius 1 is 1.17 bits per heavy atom. The zero-order valence-electron chi connectivity index (χ0n) is 10.4. The number of phenolic OH excluding ortho intramolecular Hbond substituents is 1. The Labute approximate surface area is 110 Å². The zero-order valence-corrected chi connectivity index (χ0v) is 11.2. The van der Waals surface area contributed by atoms with Crippen LogP contribution in [0.3, 0.4) is 0 Å². The quantitative estimate of drug-likeness (QED) is 0.821. The van der Waals surface area contributed by atoms with E-state index in [4.69, 9.17) is 5.73 Å². The van der Waals surface area contributed by atoms with Gasteiger partial charge in [-0.15, -0.1) is 12.4 Å². The first-order chi connectivity index (χ1) is 7.53. The monoisotopic (exact) mass is 283 g/mol. The summed E-state index contributed by atoms with van der Waals surface area (Å²) < 4.78 is 37.6. The van der Waals surface area contributed by atoms with Crippen LogP contribution in [0.15, 0.2) is 18.2 Å². The van der Waals surface area contributed by atoms with Gasteiger partial charge in [-0.2, -0.15) is 13.2 Å². The molecule has 18 heavy (non-hydrogen) atoms. The van der Waals surface area contributed by atoms with Gasteiger partial charge < -0.3 is 10.8 Å². The Balaban J connectivity index is 0.00000289. The van der Waals surface area contributed by atoms with Gasteiger partial charge in [0.05, 0.1) is 5.56 Å². The van der Waals surface area contributed by atoms with Crippen LogP contribution in [0.4, 0.5) is 13.2 Å². The number of hydrogen-bond donors (Lipinski definition) is 2. The van der Waals surface area contributed by atoms with E-state index in [1.807, 2.05) is 0 Å². The first kappa shape index (κ1) is 17.1. The highest BCUT2D eigenvalue weighted by Crippen LogP contribution is 2.38. The van der Waals surface area contributed by atoms with Crippen molar-refractivity contribution in [1.82, 2.24) is 0 Å². The summed E-state index contributed by atoms with van der Waals surface area (Å²) in [7, 11) is 0. The van der Waals surface area contributed by atoms with E-state index in [9.17, 15) is 18.3 Å². The fraction of sp³-hybridized carbons (Fsp3) is 0.500. The molecular formula is C12H17ClF3NO. The van der Waals surface area contributed by atoms with E-state index >= 15 is 0 Å². The van der Waals surface area contributed by atoms with E-state index < -0.39 is 23.2 Å². The summed E-state index contributed by atoms with van der Waals surface area (Å²) >= 11 is 0. The minimum Gasteiger partial charge on any atom is -0.508 e. The summed E-state index contributed by atoms with van der Waals surface area (Å²) in [5, 5.41) is 9.59. The van der Waals surface area contributed by atoms with Gasteiger partial charge in [-0.25, -0.2) is 0 Å². The maximum Gasteiger partial charge on any atom is 0.416 e. The molecule has 1 rings (SSSR count). The molecule has 3 N–H and O–H groups in total. The Morgan fingerprint density at radius 2 is 1.67 bits per heavy atom. The van der Waals surface area contributed by atoms with Crippen molar-refractivity contribution in [2.75, 3.05) is 0 Å². The Hall–Kier alpha value is -0.940. The molecule has 0 spiro atoms. The standard InChI is InChI=1S/C12H16F3NO.ClH/c1-11(2,3)10(16)8-6-7(12(13,14)15)4-5-9(8)17;/h4-6,10,17H,16H2,1-3H3;1H/t10-;/m0./s1. The summed E-state index contributed by atoms with van der Waals surface area (Å²) in [5.41, 5.74) is 4.75. The molecule has 0 unspecified atom stereocenters. The van der Waals surface area contributed by atoms with E-state index in [0.29, 0.717) is 0 Å². The fourth-order valence-corrected chi connectivity index (χ4v) is 1.45. The van der Waals surface area contributed by atoms with Crippen molar-refractivity contribution >= 4 is 12.4 Å². The molecule has 2 nitrogen and oxygen atoms in total. The number of benzene rings is 1. The molecule has 104 valence electrons. The summed E-state index contributed by atoms with van der Waals surface area (Å²) in [5.74, 6) is -0.208. The van der Waals surface area contributed by atoms with Gasteiger partial charge >= 0.3 is 6.18 Å². The number of aromatic hydroxyl groups is 1. The fourth-order valence-electron chi connectivity index (χ4n) is 1.45. The lowest BCUT2D eigenvalue weighted by Gasteiger charge is -2.28. The average molecular weight is 284 g/mol. The molecule has 6 heteroatoms. The molecule has 0 aliphatic heterocycles. The van der Waals surface area contributed by atoms with Crippen molar-refractivity contribution in [3.63, 3.8) is 0 Å². The van der Waals surface area contributed by atoms with Gasteiger partial charge in [0.15, 0.2) is 0 Å². The Morgan fingerprint density at radius 3 is 2.06 bits per heavy atom. The predicted molar refractivity (Wildman–Crippen MR) is 66.7 cm³/mol. The lowest BCUT2D eigenvalue weighted by molar-refractivity contribution is -0.137. The van der Waals surface area contributed by atoms with Gasteiger partial charge in [0, 0.05) is 11.6 Å². The molecule has 0 aliphatic rings. The van der Waals surface area contributed by atoms with E-state index in [1.165, 1.54) is 0 Å². The summed E-state index contributed by atoms with van der Waals surface area (Å²) in [6.45, 7) is 5.41. The van der Waals surface area contributed by atoms with Gasteiger partial charge in [-0.3, -0.25) is 0 Å². The molecule has 0 heterocycles. The number of hydrogen-bond acceptors (Lipinski definition) is 2. The largest absolute Gasteiger partial charge is 0.508 e. The van der Waals surface area contributed by atoms with Crippen LogP contribution in [-0.4, -0.2) is 5.11 Å². The van der Waals surface area contributed by atoms with Gasteiger partial charge in [0.25, 0.3) is 0 Å². The first-order valence-corrected chi connectivity index (χ1v) is 5.19. The van der Waals surface area contributed by atoms with Crippen LogP contribution in [-0.2, 0) is 6.18 Å². The van der Waals surface area contributed by atoms with Crippen LogP contribution in [0, 0.1) is 5.41 Å². The second kappa shape index (κ2) is 5.36. The van der Waals surface area contributed by atoms with Crippen LogP contribution >= 0.6 is 12.4 Å². The van der Waals surface area contributed by atoms with Crippen molar-refractivity contribution in [1.29, 1.82) is 0 Å². The smallest absolute Gasteiger partial charge is 0.416 e. The van der Waals surface area contributed by atoms with Crippen LogP contribution in [0.25, 0.3) is 0 Å². The van der Waals surface area contributed by atoms with Crippen LogP contribution in [0.2, 0.25) is 0 Å². The molecule has 0 aliphatic carbocycles. The van der Waals surface area contributed by atoms with Crippen molar-refractivity contribution in [3.05, 3.63) is 29.3 Å². The van der Waals surface area contributed by atoms with Gasteiger partial charge in [0.1, 0.15) is 5.75 Å². The van der Waals surface area contributed by atoms with Gasteiger partial charge in [-0.05, 0) is 23.6 Å². The van der Waals surface area contributed by atoms with Crippen LogP contribution in [0.5, 0.6) is 5.75 Å². The maximum atomic E-state index is 12.5. The highest BCUT2D eigenvalue weighted by molar-refractivity contribution is 5.85. The van der Waals surface area contributed by atoms with Crippen molar-refractivity contribution in [3.8, 4) is 5.75 Å². The molecule has 0 fully saturated rings. The molecular weight excluding hydrogens is 267 g/mol. The summed E-state index contributed by atoms with van der Waals surface area (Å²) in [4.78, 5) is 0. The number of phenols is 1. The third-order valence-corrected chi connectivity index (χ3v) is 2.62. The third kappa shape index (κ3) is 3.78. The Kier molecular flexibility index (Phi) is 5.08. The molecule has 0 bridgehead atoms. The van der Waals surface area contributed by atoms with Crippen molar-refractivity contribution < 1.29 is 18.3 Å². The van der Waals surface area contributed by atoms with Crippen molar-refractivity contribution in [2.45, 2.75) is 33.0 Å². The van der Waals surface area contributed by atoms with E-state index in [-0.39, 0.29) is 23.7 Å². The van der Waals surface area contributed by atoms with Gasteiger partial charge in [0.2, 0.25) is 0 Å². The lowest BCUT2D eigenvalue weighted by Crippen LogP contribution is -2.26. The molecule has 0 aromatic heterocycles. The number of halogens is 4. The molecule has 0 radical (unpaired) electrons. The van der Waals surface area contributed by atoms with Crippen molar-refractivity contribution in [2.24, 2.45) is 11.1 Å². The SMILES string of the molecule is CC(C)(C)[C@@H](N)c1cc(C(F)(F)F)ccc1O.Cl. The molecule has 1 aromatic rings. The molecule has 1 atom stereocenters. The minimum absolute atomic E-state index is 0. The first-order valence-electron chi connectivity index (χ1n) is 5.19. The second-order valence-electron chi connectivity index (χ2n) is 5.12. The summed E-state index contributed by atoms with van der Waals surface area (Å²) in [6.07, 6.45) is -4.43. The van der Waals surface area contributed by atoms with E-state index in [2.05, 4.69) is 0 Å². The molecule has 0 saturated heterocycles. The van der Waals surface area contributed by atoms with E-state index in [0.717, 1.165) is 18.2 Å². The minimum atomic E-state index is -4.43. The number of alkyl halides is 3. The number of rotatable bonds is 1. The third-order valence-electron chi connectivity index (χ3n) is 2.62. The van der Waals surface area contributed by atoms with Gasteiger partial charge in [-0.1, -0.05) is 20.8 Å². The number of nitrogens with two attached hydrogens (primary N) is 1. The normalized spacial score (nSPS) is 13.9. The van der Waals surface area contributed by atoms with E-state index in [1.54, 1.807) is 20.8 Å². The highest BCUT2D eigenvalue weighted by atomic mass is 35.5. The molecule has 1 aromatic carbocycles. The topological polar surface area (TPSA) is 46.2 Å². The maximum absolute atomic E-state index is 12.5. The molecule has 0 amide bonds. The summed E-state index contributed by atoms with van der Waals surface area (Å²) in [6, 6.07) is 2.12. The average Bonchev–Trinajstić information content (AvgIpc) is 2.14. The lowest BCUT2D eigenvalue weighted by atomic mass is 9.82. The Bertz CT molecular complexity index is 413. The highest BCUT2D eigenvalue weighted by Gasteiger charge is 2.33.